The minimum Gasteiger partial charge on any atom is -0.491 e. The number of ether oxygens (including phenoxy) is 2. The lowest BCUT2D eigenvalue weighted by Crippen LogP contribution is -2.09. The summed E-state index contributed by atoms with van der Waals surface area (Å²) < 4.78 is 10.8. The predicted octanol–water partition coefficient (Wildman–Crippen LogP) is 3.83. The van der Waals surface area contributed by atoms with Crippen molar-refractivity contribution in [1.82, 2.24) is 0 Å². The summed E-state index contributed by atoms with van der Waals surface area (Å²) in [5.74, 6) is 0.483. The van der Waals surface area contributed by atoms with Crippen LogP contribution in [0.25, 0.3) is 6.08 Å². The highest BCUT2D eigenvalue weighted by atomic mass is 16.5. The average Bonchev–Trinajstić information content (AvgIpc) is 2.36. The summed E-state index contributed by atoms with van der Waals surface area (Å²) >= 11 is 0. The van der Waals surface area contributed by atoms with E-state index in [-0.39, 0.29) is 18.2 Å². The largest absolute Gasteiger partial charge is 0.491 e. The number of carbonyl (C=O) groups is 1. The molecule has 3 nitrogen and oxygen atoms in total. The highest BCUT2D eigenvalue weighted by molar-refractivity contribution is 5.87. The molecule has 0 saturated heterocycles. The molecule has 3 heteroatoms. The third kappa shape index (κ3) is 6.09. The van der Waals surface area contributed by atoms with Gasteiger partial charge in [-0.05, 0) is 51.0 Å². The van der Waals surface area contributed by atoms with Crippen LogP contribution in [0.3, 0.4) is 0 Å². The highest BCUT2D eigenvalue weighted by Gasteiger charge is 2.02. The zero-order valence-electron chi connectivity index (χ0n) is 12.1. The SMILES string of the molecule is CCC(C)Oc1cccc(/C=C/C(=O)OC(C)C)c1. The Morgan fingerprint density at radius 1 is 1.32 bits per heavy atom. The molecule has 0 saturated carbocycles. The van der Waals surface area contributed by atoms with E-state index in [1.54, 1.807) is 6.08 Å². The second-order valence-corrected chi connectivity index (χ2v) is 4.73. The van der Waals surface area contributed by atoms with Gasteiger partial charge in [-0.2, -0.15) is 0 Å². The van der Waals surface area contributed by atoms with Crippen molar-refractivity contribution in [3.8, 4) is 5.75 Å². The second-order valence-electron chi connectivity index (χ2n) is 4.73. The van der Waals surface area contributed by atoms with Crippen molar-refractivity contribution >= 4 is 12.0 Å². The van der Waals surface area contributed by atoms with Crippen LogP contribution in [0.15, 0.2) is 30.3 Å². The maximum atomic E-state index is 11.4. The quantitative estimate of drug-likeness (QED) is 0.577. The Bertz CT molecular complexity index is 435. The molecule has 1 aromatic carbocycles. The van der Waals surface area contributed by atoms with Crippen molar-refractivity contribution in [1.29, 1.82) is 0 Å². The van der Waals surface area contributed by atoms with E-state index in [4.69, 9.17) is 9.47 Å². The maximum absolute atomic E-state index is 11.4. The van der Waals surface area contributed by atoms with Crippen LogP contribution in [0, 0.1) is 0 Å². The zero-order valence-corrected chi connectivity index (χ0v) is 12.1. The van der Waals surface area contributed by atoms with Crippen LogP contribution in [-0.4, -0.2) is 18.2 Å². The minimum atomic E-state index is -0.330. The number of benzene rings is 1. The van der Waals surface area contributed by atoms with E-state index in [0.29, 0.717) is 0 Å². The van der Waals surface area contributed by atoms with Crippen LogP contribution in [0.1, 0.15) is 39.7 Å². The third-order valence-electron chi connectivity index (χ3n) is 2.53. The first-order valence-corrected chi connectivity index (χ1v) is 6.66. The first-order valence-electron chi connectivity index (χ1n) is 6.66. The lowest BCUT2D eigenvalue weighted by Gasteiger charge is -2.12. The fourth-order valence-electron chi connectivity index (χ4n) is 1.44. The van der Waals surface area contributed by atoms with Gasteiger partial charge < -0.3 is 9.47 Å². The summed E-state index contributed by atoms with van der Waals surface area (Å²) in [6.07, 6.45) is 4.21. The molecule has 0 amide bonds. The molecule has 19 heavy (non-hydrogen) atoms. The molecule has 1 atom stereocenters. The Hall–Kier alpha value is -1.77. The summed E-state index contributed by atoms with van der Waals surface area (Å²) in [6, 6.07) is 7.65. The molecule has 0 N–H and O–H groups in total. The monoisotopic (exact) mass is 262 g/mol. The van der Waals surface area contributed by atoms with Gasteiger partial charge in [-0.1, -0.05) is 19.1 Å². The molecule has 1 rings (SSSR count). The van der Waals surface area contributed by atoms with Crippen LogP contribution in [0.4, 0.5) is 0 Å². The third-order valence-corrected chi connectivity index (χ3v) is 2.53. The second kappa shape index (κ2) is 7.62. The van der Waals surface area contributed by atoms with Gasteiger partial charge in [-0.3, -0.25) is 0 Å². The van der Waals surface area contributed by atoms with Crippen LogP contribution >= 0.6 is 0 Å². The summed E-state index contributed by atoms with van der Waals surface area (Å²) in [5.41, 5.74) is 0.918. The molecule has 104 valence electrons. The van der Waals surface area contributed by atoms with Gasteiger partial charge in [0.05, 0.1) is 12.2 Å². The zero-order chi connectivity index (χ0) is 14.3. The van der Waals surface area contributed by atoms with Gasteiger partial charge in [0, 0.05) is 6.08 Å². The Labute approximate surface area is 115 Å². The molecule has 0 radical (unpaired) electrons. The van der Waals surface area contributed by atoms with E-state index in [0.717, 1.165) is 17.7 Å². The van der Waals surface area contributed by atoms with Gasteiger partial charge in [-0.15, -0.1) is 0 Å². The summed E-state index contributed by atoms with van der Waals surface area (Å²) in [4.78, 5) is 11.4. The van der Waals surface area contributed by atoms with E-state index in [1.807, 2.05) is 45.0 Å². The fourth-order valence-corrected chi connectivity index (χ4v) is 1.44. The van der Waals surface area contributed by atoms with E-state index < -0.39 is 0 Å². The van der Waals surface area contributed by atoms with Crippen LogP contribution in [-0.2, 0) is 9.53 Å². The van der Waals surface area contributed by atoms with E-state index >= 15 is 0 Å². The number of hydrogen-bond donors (Lipinski definition) is 0. The molecule has 0 heterocycles. The maximum Gasteiger partial charge on any atom is 0.331 e. The van der Waals surface area contributed by atoms with E-state index in [2.05, 4.69) is 6.92 Å². The topological polar surface area (TPSA) is 35.5 Å². The summed E-state index contributed by atoms with van der Waals surface area (Å²) in [5, 5.41) is 0. The lowest BCUT2D eigenvalue weighted by molar-refractivity contribution is -0.141. The Kier molecular flexibility index (Phi) is 6.13. The van der Waals surface area contributed by atoms with Crippen LogP contribution in [0.5, 0.6) is 5.75 Å². The first kappa shape index (κ1) is 15.3. The molecule has 0 aliphatic carbocycles. The Balaban J connectivity index is 2.66. The molecule has 0 fully saturated rings. The predicted molar refractivity (Wildman–Crippen MR) is 77.1 cm³/mol. The molecule has 0 aliphatic rings. The first-order chi connectivity index (χ1) is 9.01. The number of rotatable bonds is 6. The number of esters is 1. The minimum absolute atomic E-state index is 0.0998. The van der Waals surface area contributed by atoms with Crippen molar-refractivity contribution in [3.63, 3.8) is 0 Å². The van der Waals surface area contributed by atoms with Gasteiger partial charge >= 0.3 is 5.97 Å². The molecule has 0 aliphatic heterocycles. The fraction of sp³-hybridized carbons (Fsp3) is 0.438. The summed E-state index contributed by atoms with van der Waals surface area (Å²) in [6.45, 7) is 7.76. The van der Waals surface area contributed by atoms with Gasteiger partial charge in [0.2, 0.25) is 0 Å². The van der Waals surface area contributed by atoms with Crippen molar-refractivity contribution in [2.24, 2.45) is 0 Å². The molecular formula is C16H22O3. The molecule has 0 aromatic heterocycles. The Morgan fingerprint density at radius 3 is 2.68 bits per heavy atom. The molecule has 1 unspecified atom stereocenters. The smallest absolute Gasteiger partial charge is 0.331 e. The van der Waals surface area contributed by atoms with Crippen LogP contribution < -0.4 is 4.74 Å². The van der Waals surface area contributed by atoms with Gasteiger partial charge in [-0.25, -0.2) is 4.79 Å². The van der Waals surface area contributed by atoms with Crippen molar-refractivity contribution < 1.29 is 14.3 Å². The van der Waals surface area contributed by atoms with Gasteiger partial charge in [0.25, 0.3) is 0 Å². The van der Waals surface area contributed by atoms with Crippen molar-refractivity contribution in [3.05, 3.63) is 35.9 Å². The molecule has 1 aromatic rings. The lowest BCUT2D eigenvalue weighted by atomic mass is 10.2. The van der Waals surface area contributed by atoms with E-state index in [9.17, 15) is 4.79 Å². The molecule has 0 bridgehead atoms. The Morgan fingerprint density at radius 2 is 2.05 bits per heavy atom. The van der Waals surface area contributed by atoms with Gasteiger partial charge in [0.1, 0.15) is 5.75 Å². The van der Waals surface area contributed by atoms with Crippen molar-refractivity contribution in [2.75, 3.05) is 0 Å². The normalized spacial score (nSPS) is 12.7. The molecular weight excluding hydrogens is 240 g/mol. The summed E-state index contributed by atoms with van der Waals surface area (Å²) in [7, 11) is 0. The highest BCUT2D eigenvalue weighted by Crippen LogP contribution is 2.16. The average molecular weight is 262 g/mol. The van der Waals surface area contributed by atoms with Crippen LogP contribution in [0.2, 0.25) is 0 Å². The van der Waals surface area contributed by atoms with Gasteiger partial charge in [0.15, 0.2) is 0 Å². The van der Waals surface area contributed by atoms with Crippen molar-refractivity contribution in [2.45, 2.75) is 46.3 Å². The number of hydrogen-bond acceptors (Lipinski definition) is 3. The molecule has 0 spiro atoms. The van der Waals surface area contributed by atoms with E-state index in [1.165, 1.54) is 6.08 Å². The number of carbonyl (C=O) groups excluding carboxylic acids is 1. The standard InChI is InChI=1S/C16H22O3/c1-5-13(4)19-15-8-6-7-14(11-15)9-10-16(17)18-12(2)3/h6-13H,5H2,1-4H3/b10-9+.